The fourth-order valence-corrected chi connectivity index (χ4v) is 4.32. The van der Waals surface area contributed by atoms with E-state index in [0.29, 0.717) is 53.1 Å². The molecule has 0 radical (unpaired) electrons. The van der Waals surface area contributed by atoms with E-state index < -0.39 is 17.3 Å². The van der Waals surface area contributed by atoms with Gasteiger partial charge >= 0.3 is 6.18 Å². The molecule has 1 N–H and O–H groups in total. The number of halogens is 3. The van der Waals surface area contributed by atoms with Crippen molar-refractivity contribution in [2.45, 2.75) is 51.4 Å². The molecule has 0 spiro atoms. The van der Waals surface area contributed by atoms with Crippen molar-refractivity contribution in [3.05, 3.63) is 35.5 Å². The van der Waals surface area contributed by atoms with Gasteiger partial charge in [0.2, 0.25) is 0 Å². The average molecular weight is 465 g/mol. The highest BCUT2D eigenvalue weighted by molar-refractivity contribution is 5.88. The molecule has 1 aliphatic carbocycles. The van der Waals surface area contributed by atoms with Crippen LogP contribution in [0.4, 0.5) is 13.2 Å². The Morgan fingerprint density at radius 2 is 1.88 bits per heavy atom. The second kappa shape index (κ2) is 8.49. The van der Waals surface area contributed by atoms with E-state index in [1.54, 1.807) is 19.9 Å². The molecule has 1 fully saturated rings. The van der Waals surface area contributed by atoms with Gasteiger partial charge in [-0.15, -0.1) is 10.2 Å². The maximum atomic E-state index is 13.4. The standard InChI is InChI=1S/C23H26F3N3O4/c1-5-32-19-11-29(15-9-22(3,30)10-15)21-16(19)8-17(27-28-21)20-13(2)6-14(23(24,25)26)7-18(20)33-12-31-4/h6-8,11,15,30H,5,9-10,12H2,1-4H3. The number of alkyl halides is 3. The largest absolute Gasteiger partial charge is 0.492 e. The van der Waals surface area contributed by atoms with Crippen molar-refractivity contribution in [2.75, 3.05) is 20.5 Å². The van der Waals surface area contributed by atoms with Crippen molar-refractivity contribution in [3.8, 4) is 22.8 Å². The Morgan fingerprint density at radius 3 is 2.48 bits per heavy atom. The van der Waals surface area contributed by atoms with E-state index in [4.69, 9.17) is 14.2 Å². The molecule has 0 aliphatic heterocycles. The third-order valence-electron chi connectivity index (χ3n) is 5.80. The first kappa shape index (κ1) is 23.3. The lowest BCUT2D eigenvalue weighted by atomic mass is 9.77. The number of ether oxygens (including phenoxy) is 3. The molecular formula is C23H26F3N3O4. The summed E-state index contributed by atoms with van der Waals surface area (Å²) in [4.78, 5) is 0. The molecule has 1 saturated carbocycles. The van der Waals surface area contributed by atoms with Gasteiger partial charge in [0.05, 0.1) is 28.9 Å². The monoisotopic (exact) mass is 465 g/mol. The van der Waals surface area contributed by atoms with Crippen LogP contribution in [0.25, 0.3) is 22.3 Å². The van der Waals surface area contributed by atoms with Crippen LogP contribution >= 0.6 is 0 Å². The van der Waals surface area contributed by atoms with Crippen molar-refractivity contribution >= 4 is 11.0 Å². The fourth-order valence-electron chi connectivity index (χ4n) is 4.32. The van der Waals surface area contributed by atoms with Gasteiger partial charge < -0.3 is 23.9 Å². The van der Waals surface area contributed by atoms with Crippen LogP contribution in [-0.2, 0) is 10.9 Å². The number of hydrogen-bond acceptors (Lipinski definition) is 6. The molecule has 7 nitrogen and oxygen atoms in total. The van der Waals surface area contributed by atoms with Gasteiger partial charge in [-0.05, 0) is 57.4 Å². The van der Waals surface area contributed by atoms with E-state index in [2.05, 4.69) is 10.2 Å². The first-order valence-electron chi connectivity index (χ1n) is 10.6. The average Bonchev–Trinajstić information content (AvgIpc) is 3.07. The van der Waals surface area contributed by atoms with E-state index in [0.717, 1.165) is 12.1 Å². The highest BCUT2D eigenvalue weighted by atomic mass is 19.4. The summed E-state index contributed by atoms with van der Waals surface area (Å²) >= 11 is 0. The first-order valence-corrected chi connectivity index (χ1v) is 10.6. The molecule has 0 atom stereocenters. The van der Waals surface area contributed by atoms with Crippen LogP contribution in [0.1, 0.15) is 43.9 Å². The lowest BCUT2D eigenvalue weighted by Crippen LogP contribution is -2.41. The number of aromatic nitrogens is 3. The number of fused-ring (bicyclic) bond motifs is 1. The summed E-state index contributed by atoms with van der Waals surface area (Å²) in [6, 6.07) is 3.81. The van der Waals surface area contributed by atoms with Crippen LogP contribution in [0, 0.1) is 6.92 Å². The van der Waals surface area contributed by atoms with Crippen LogP contribution < -0.4 is 9.47 Å². The maximum absolute atomic E-state index is 13.4. The lowest BCUT2D eigenvalue weighted by Gasteiger charge is -2.41. The van der Waals surface area contributed by atoms with Crippen LogP contribution in [0.2, 0.25) is 0 Å². The van der Waals surface area contributed by atoms with Gasteiger partial charge in [-0.1, -0.05) is 0 Å². The Balaban J connectivity index is 1.84. The van der Waals surface area contributed by atoms with Crippen LogP contribution in [-0.4, -0.2) is 46.0 Å². The first-order chi connectivity index (χ1) is 15.5. The van der Waals surface area contributed by atoms with Crippen LogP contribution in [0.15, 0.2) is 24.4 Å². The summed E-state index contributed by atoms with van der Waals surface area (Å²) in [6.45, 7) is 5.44. The Morgan fingerprint density at radius 1 is 1.15 bits per heavy atom. The predicted molar refractivity (Wildman–Crippen MR) is 115 cm³/mol. The molecular weight excluding hydrogens is 439 g/mol. The highest BCUT2D eigenvalue weighted by Crippen LogP contribution is 2.45. The number of rotatable bonds is 7. The van der Waals surface area contributed by atoms with Gasteiger partial charge in [-0.3, -0.25) is 0 Å². The SMILES string of the molecule is CCOc1cn(C2CC(C)(O)C2)c2nnc(-c3c(C)cc(C(F)(F)F)cc3OCOC)cc12. The summed E-state index contributed by atoms with van der Waals surface area (Å²) in [5, 5.41) is 19.5. The number of methoxy groups -OCH3 is 1. The van der Waals surface area contributed by atoms with Gasteiger partial charge in [0, 0.05) is 24.9 Å². The van der Waals surface area contributed by atoms with Crippen molar-refractivity contribution in [1.82, 2.24) is 14.8 Å². The summed E-state index contributed by atoms with van der Waals surface area (Å²) in [5.74, 6) is 0.601. The van der Waals surface area contributed by atoms with Gasteiger partial charge in [0.15, 0.2) is 12.4 Å². The molecule has 2 heterocycles. The maximum Gasteiger partial charge on any atom is 0.416 e. The number of nitrogens with zero attached hydrogens (tertiary/aromatic N) is 3. The number of aryl methyl sites for hydroxylation is 1. The van der Waals surface area contributed by atoms with E-state index in [9.17, 15) is 18.3 Å². The molecule has 4 rings (SSSR count). The Bertz CT molecular complexity index is 1170. The minimum atomic E-state index is -4.52. The molecule has 1 aliphatic rings. The van der Waals surface area contributed by atoms with E-state index in [1.165, 1.54) is 7.11 Å². The van der Waals surface area contributed by atoms with Crippen molar-refractivity contribution in [1.29, 1.82) is 0 Å². The van der Waals surface area contributed by atoms with Crippen molar-refractivity contribution in [2.24, 2.45) is 0 Å². The van der Waals surface area contributed by atoms with Crippen LogP contribution in [0.5, 0.6) is 11.5 Å². The van der Waals surface area contributed by atoms with E-state index >= 15 is 0 Å². The highest BCUT2D eigenvalue weighted by Gasteiger charge is 2.40. The Kier molecular flexibility index (Phi) is 6.00. The van der Waals surface area contributed by atoms with Crippen molar-refractivity contribution < 1.29 is 32.5 Å². The zero-order chi connectivity index (χ0) is 24.0. The molecule has 10 heteroatoms. The summed E-state index contributed by atoms with van der Waals surface area (Å²) in [5.41, 5.74) is 0.159. The minimum absolute atomic E-state index is 0.00487. The molecule has 33 heavy (non-hydrogen) atoms. The minimum Gasteiger partial charge on any atom is -0.492 e. The van der Waals surface area contributed by atoms with Gasteiger partial charge in [0.25, 0.3) is 0 Å². The normalized spacial score (nSPS) is 20.7. The zero-order valence-corrected chi connectivity index (χ0v) is 18.9. The molecule has 0 saturated heterocycles. The summed E-state index contributed by atoms with van der Waals surface area (Å²) < 4.78 is 58.2. The van der Waals surface area contributed by atoms with Gasteiger partial charge in [-0.25, -0.2) is 0 Å². The Labute approximate surface area is 189 Å². The molecule has 178 valence electrons. The van der Waals surface area contributed by atoms with Crippen LogP contribution in [0.3, 0.4) is 0 Å². The molecule has 1 aromatic carbocycles. The fraction of sp³-hybridized carbons (Fsp3) is 0.478. The summed E-state index contributed by atoms with van der Waals surface area (Å²) in [7, 11) is 1.39. The van der Waals surface area contributed by atoms with Crippen molar-refractivity contribution in [3.63, 3.8) is 0 Å². The summed E-state index contributed by atoms with van der Waals surface area (Å²) in [6.07, 6.45) is -1.51. The van der Waals surface area contributed by atoms with E-state index in [-0.39, 0.29) is 18.6 Å². The molecule has 0 unspecified atom stereocenters. The third kappa shape index (κ3) is 4.49. The molecule has 2 aromatic heterocycles. The third-order valence-corrected chi connectivity index (χ3v) is 5.80. The number of hydrogen-bond donors (Lipinski definition) is 1. The molecule has 0 amide bonds. The number of benzene rings is 1. The second-order valence-corrected chi connectivity index (χ2v) is 8.57. The zero-order valence-electron chi connectivity index (χ0n) is 18.9. The molecule has 3 aromatic rings. The smallest absolute Gasteiger partial charge is 0.416 e. The van der Waals surface area contributed by atoms with Gasteiger partial charge in [-0.2, -0.15) is 13.2 Å². The van der Waals surface area contributed by atoms with E-state index in [1.807, 2.05) is 17.7 Å². The van der Waals surface area contributed by atoms with Gasteiger partial charge in [0.1, 0.15) is 11.5 Å². The quantitative estimate of drug-likeness (QED) is 0.501. The molecule has 0 bridgehead atoms. The predicted octanol–water partition coefficient (Wildman–Crippen LogP) is 4.89. The Hall–Kier alpha value is -2.85. The topological polar surface area (TPSA) is 78.6 Å². The second-order valence-electron chi connectivity index (χ2n) is 8.57. The number of aliphatic hydroxyl groups is 1. The lowest BCUT2D eigenvalue weighted by molar-refractivity contribution is -0.137.